The second kappa shape index (κ2) is 5.28. The lowest BCUT2D eigenvalue weighted by molar-refractivity contribution is 0.683. The Hall–Kier alpha value is -0.830. The molecule has 19 heavy (non-hydrogen) atoms. The predicted octanol–water partition coefficient (Wildman–Crippen LogP) is 4.64. The maximum Gasteiger partial charge on any atom is 0.0661 e. The third-order valence-corrected chi connectivity index (χ3v) is 5.74. The highest BCUT2D eigenvalue weighted by atomic mass is 35.5. The zero-order chi connectivity index (χ0) is 13.4. The van der Waals surface area contributed by atoms with E-state index in [9.17, 15) is 0 Å². The fourth-order valence-corrected chi connectivity index (χ4v) is 4.10. The molecule has 0 amide bonds. The number of fused-ring (bicyclic) bond motifs is 1. The quantitative estimate of drug-likeness (QED) is 0.857. The van der Waals surface area contributed by atoms with Gasteiger partial charge in [0.05, 0.1) is 11.1 Å². The Kier molecular flexibility index (Phi) is 3.66. The Morgan fingerprint density at radius 3 is 2.63 bits per heavy atom. The second-order valence-electron chi connectivity index (χ2n) is 5.31. The highest BCUT2D eigenvalue weighted by Gasteiger charge is 2.18. The summed E-state index contributed by atoms with van der Waals surface area (Å²) in [5, 5.41) is 2.91. The maximum absolute atomic E-state index is 6.39. The fourth-order valence-electron chi connectivity index (χ4n) is 2.76. The SMILES string of the molecule is Cc1csc(C(N)c2ccc3c(c2)CCCC3)c1Cl. The maximum atomic E-state index is 6.39. The Bertz CT molecular complexity index is 603. The van der Waals surface area contributed by atoms with Crippen LogP contribution in [0.2, 0.25) is 5.02 Å². The molecular weight excluding hydrogens is 274 g/mol. The van der Waals surface area contributed by atoms with E-state index in [-0.39, 0.29) is 6.04 Å². The van der Waals surface area contributed by atoms with E-state index in [0.717, 1.165) is 15.5 Å². The molecule has 1 aliphatic rings. The van der Waals surface area contributed by atoms with Crippen molar-refractivity contribution in [2.24, 2.45) is 5.73 Å². The van der Waals surface area contributed by atoms with Gasteiger partial charge in [-0.15, -0.1) is 11.3 Å². The van der Waals surface area contributed by atoms with E-state index in [1.54, 1.807) is 11.3 Å². The first-order valence-corrected chi connectivity index (χ1v) is 8.03. The van der Waals surface area contributed by atoms with E-state index in [1.807, 2.05) is 6.92 Å². The molecule has 0 fully saturated rings. The van der Waals surface area contributed by atoms with Gasteiger partial charge < -0.3 is 5.73 Å². The molecule has 2 N–H and O–H groups in total. The van der Waals surface area contributed by atoms with Gasteiger partial charge in [-0.3, -0.25) is 0 Å². The van der Waals surface area contributed by atoms with Gasteiger partial charge in [0.1, 0.15) is 0 Å². The molecular formula is C16H18ClNS. The molecule has 1 aliphatic carbocycles. The zero-order valence-electron chi connectivity index (χ0n) is 11.1. The normalized spacial score (nSPS) is 16.2. The largest absolute Gasteiger partial charge is 0.320 e. The molecule has 100 valence electrons. The lowest BCUT2D eigenvalue weighted by atomic mass is 9.89. The molecule has 1 aromatic carbocycles. The van der Waals surface area contributed by atoms with Crippen LogP contribution in [0.15, 0.2) is 23.6 Å². The third kappa shape index (κ3) is 2.45. The van der Waals surface area contributed by atoms with E-state index in [0.29, 0.717) is 0 Å². The first kappa shape index (κ1) is 13.2. The molecule has 0 saturated carbocycles. The van der Waals surface area contributed by atoms with Crippen LogP contribution in [0.3, 0.4) is 0 Å². The smallest absolute Gasteiger partial charge is 0.0661 e. The number of thiophene rings is 1. The van der Waals surface area contributed by atoms with Crippen molar-refractivity contribution >= 4 is 22.9 Å². The van der Waals surface area contributed by atoms with Crippen molar-refractivity contribution in [1.82, 2.24) is 0 Å². The lowest BCUT2D eigenvalue weighted by Gasteiger charge is -2.19. The molecule has 0 aliphatic heterocycles. The summed E-state index contributed by atoms with van der Waals surface area (Å²) in [6.07, 6.45) is 5.01. The lowest BCUT2D eigenvalue weighted by Crippen LogP contribution is -2.12. The first-order chi connectivity index (χ1) is 9.16. The number of aryl methyl sites for hydroxylation is 3. The Balaban J connectivity index is 1.95. The van der Waals surface area contributed by atoms with Gasteiger partial charge in [-0.2, -0.15) is 0 Å². The summed E-state index contributed by atoms with van der Waals surface area (Å²) in [6.45, 7) is 2.03. The molecule has 1 nitrogen and oxygen atoms in total. The van der Waals surface area contributed by atoms with Gasteiger partial charge in [-0.1, -0.05) is 29.8 Å². The zero-order valence-corrected chi connectivity index (χ0v) is 12.7. The van der Waals surface area contributed by atoms with Gasteiger partial charge in [0.15, 0.2) is 0 Å². The van der Waals surface area contributed by atoms with Crippen molar-refractivity contribution in [3.8, 4) is 0 Å². The Morgan fingerprint density at radius 2 is 1.95 bits per heavy atom. The molecule has 0 spiro atoms. The summed E-state index contributed by atoms with van der Waals surface area (Å²) < 4.78 is 0. The Morgan fingerprint density at radius 1 is 1.21 bits per heavy atom. The minimum Gasteiger partial charge on any atom is -0.320 e. The number of hydrogen-bond acceptors (Lipinski definition) is 2. The van der Waals surface area contributed by atoms with Crippen molar-refractivity contribution in [3.63, 3.8) is 0 Å². The molecule has 0 saturated heterocycles. The average Bonchev–Trinajstić information content (AvgIpc) is 2.78. The van der Waals surface area contributed by atoms with E-state index >= 15 is 0 Å². The molecule has 3 heteroatoms. The molecule has 1 unspecified atom stereocenters. The van der Waals surface area contributed by atoms with Gasteiger partial charge in [0.25, 0.3) is 0 Å². The number of nitrogens with two attached hydrogens (primary N) is 1. The summed E-state index contributed by atoms with van der Waals surface area (Å²) >= 11 is 7.99. The Labute approximate surface area is 123 Å². The van der Waals surface area contributed by atoms with Crippen LogP contribution in [0.1, 0.15) is 46.0 Å². The average molecular weight is 292 g/mol. The van der Waals surface area contributed by atoms with Crippen LogP contribution in [0.5, 0.6) is 0 Å². The van der Waals surface area contributed by atoms with E-state index in [2.05, 4.69) is 23.6 Å². The van der Waals surface area contributed by atoms with Crippen LogP contribution in [0.25, 0.3) is 0 Å². The molecule has 2 aromatic rings. The summed E-state index contributed by atoms with van der Waals surface area (Å²) in [6, 6.07) is 6.60. The van der Waals surface area contributed by atoms with Crippen molar-refractivity contribution in [2.45, 2.75) is 38.6 Å². The van der Waals surface area contributed by atoms with Crippen LogP contribution in [0.4, 0.5) is 0 Å². The van der Waals surface area contributed by atoms with Crippen molar-refractivity contribution in [2.75, 3.05) is 0 Å². The first-order valence-electron chi connectivity index (χ1n) is 6.77. The molecule has 0 bridgehead atoms. The minimum atomic E-state index is -0.0987. The third-order valence-electron chi connectivity index (χ3n) is 3.94. The number of halogens is 1. The standard InChI is InChI=1S/C16H18ClNS/c1-10-9-19-16(14(10)17)15(18)13-7-6-11-4-2-3-5-12(11)8-13/h6-9,15H,2-5,18H2,1H3. The number of rotatable bonds is 2. The molecule has 0 radical (unpaired) electrons. The molecule has 1 aromatic heterocycles. The van der Waals surface area contributed by atoms with Gasteiger partial charge in [-0.05, 0) is 60.2 Å². The van der Waals surface area contributed by atoms with Crippen LogP contribution in [-0.2, 0) is 12.8 Å². The summed E-state index contributed by atoms with van der Waals surface area (Å²) in [5.74, 6) is 0. The highest BCUT2D eigenvalue weighted by Crippen LogP contribution is 2.35. The minimum absolute atomic E-state index is 0.0987. The van der Waals surface area contributed by atoms with Gasteiger partial charge in [0.2, 0.25) is 0 Å². The summed E-state index contributed by atoms with van der Waals surface area (Å²) in [7, 11) is 0. The molecule has 3 rings (SSSR count). The molecule has 1 heterocycles. The number of hydrogen-bond donors (Lipinski definition) is 1. The van der Waals surface area contributed by atoms with Crippen molar-refractivity contribution in [3.05, 3.63) is 55.7 Å². The second-order valence-corrected chi connectivity index (χ2v) is 6.60. The van der Waals surface area contributed by atoms with E-state index in [1.165, 1.54) is 42.4 Å². The van der Waals surface area contributed by atoms with Crippen LogP contribution < -0.4 is 5.73 Å². The van der Waals surface area contributed by atoms with E-state index < -0.39 is 0 Å². The van der Waals surface area contributed by atoms with Crippen LogP contribution in [0, 0.1) is 6.92 Å². The topological polar surface area (TPSA) is 26.0 Å². The molecule has 1 atom stereocenters. The van der Waals surface area contributed by atoms with Gasteiger partial charge in [0, 0.05) is 4.88 Å². The summed E-state index contributed by atoms with van der Waals surface area (Å²) in [4.78, 5) is 1.08. The van der Waals surface area contributed by atoms with Gasteiger partial charge >= 0.3 is 0 Å². The number of benzene rings is 1. The highest BCUT2D eigenvalue weighted by molar-refractivity contribution is 7.10. The monoisotopic (exact) mass is 291 g/mol. The van der Waals surface area contributed by atoms with E-state index in [4.69, 9.17) is 17.3 Å². The van der Waals surface area contributed by atoms with Gasteiger partial charge in [-0.25, -0.2) is 0 Å². The van der Waals surface area contributed by atoms with Crippen molar-refractivity contribution < 1.29 is 0 Å². The predicted molar refractivity (Wildman–Crippen MR) is 83.2 cm³/mol. The van der Waals surface area contributed by atoms with Crippen LogP contribution in [-0.4, -0.2) is 0 Å². The van der Waals surface area contributed by atoms with Crippen LogP contribution >= 0.6 is 22.9 Å². The van der Waals surface area contributed by atoms with Crippen molar-refractivity contribution in [1.29, 1.82) is 0 Å². The summed E-state index contributed by atoms with van der Waals surface area (Å²) in [5.41, 5.74) is 11.7. The fraction of sp³-hybridized carbons (Fsp3) is 0.375.